The van der Waals surface area contributed by atoms with Gasteiger partial charge in [0.2, 0.25) is 5.78 Å². The molecule has 2 rings (SSSR count). The number of H-pyrrole nitrogens is 1. The first-order valence-electron chi connectivity index (χ1n) is 7.21. The number of carboxylic acids is 1. The molecule has 0 radical (unpaired) electrons. The molecule has 0 bridgehead atoms. The van der Waals surface area contributed by atoms with Crippen LogP contribution >= 0.6 is 0 Å². The minimum atomic E-state index is -1.12. The highest BCUT2D eigenvalue weighted by Gasteiger charge is 2.25. The van der Waals surface area contributed by atoms with Gasteiger partial charge in [0.1, 0.15) is 17.4 Å². The van der Waals surface area contributed by atoms with Gasteiger partial charge in [0.15, 0.2) is 0 Å². The monoisotopic (exact) mass is 315 g/mol. The van der Waals surface area contributed by atoms with Gasteiger partial charge in [-0.2, -0.15) is 0 Å². The van der Waals surface area contributed by atoms with Crippen molar-refractivity contribution in [3.05, 3.63) is 53.6 Å². The molecule has 0 spiro atoms. The summed E-state index contributed by atoms with van der Waals surface area (Å²) in [4.78, 5) is 42.3. The maximum atomic E-state index is 12.4. The first-order valence-corrected chi connectivity index (χ1v) is 7.21. The fourth-order valence-corrected chi connectivity index (χ4v) is 2.14. The van der Waals surface area contributed by atoms with Crippen LogP contribution in [0, 0.1) is 0 Å². The number of nitrogens with one attached hydrogen (secondary N) is 2. The Morgan fingerprint density at radius 1 is 1.26 bits per heavy atom. The molecule has 1 amide bonds. The van der Waals surface area contributed by atoms with Gasteiger partial charge in [0.25, 0.3) is 5.91 Å². The summed E-state index contributed by atoms with van der Waals surface area (Å²) in [7, 11) is 0. The number of imidazole rings is 1. The van der Waals surface area contributed by atoms with Crippen LogP contribution in [0.3, 0.4) is 0 Å². The lowest BCUT2D eigenvalue weighted by Gasteiger charge is -2.13. The normalized spacial score (nSPS) is 11.7. The van der Waals surface area contributed by atoms with Gasteiger partial charge >= 0.3 is 5.97 Å². The van der Waals surface area contributed by atoms with E-state index in [1.54, 1.807) is 30.3 Å². The molecular weight excluding hydrogens is 298 g/mol. The third-order valence-corrected chi connectivity index (χ3v) is 3.30. The molecule has 23 heavy (non-hydrogen) atoms. The molecule has 0 aliphatic rings. The molecule has 0 fully saturated rings. The van der Waals surface area contributed by atoms with Crippen LogP contribution in [0.5, 0.6) is 0 Å². The Kier molecular flexibility index (Phi) is 5.24. The van der Waals surface area contributed by atoms with Crippen LogP contribution in [-0.4, -0.2) is 38.8 Å². The third-order valence-electron chi connectivity index (χ3n) is 3.30. The SMILES string of the molecule is CCCC(NC(=O)c1[nH]cnc1C(=O)c1ccccc1)C(=O)O. The number of rotatable bonds is 7. The molecule has 7 heteroatoms. The minimum absolute atomic E-state index is 0.0330. The van der Waals surface area contributed by atoms with Crippen molar-refractivity contribution in [2.45, 2.75) is 25.8 Å². The first kappa shape index (κ1) is 16.4. The molecule has 3 N–H and O–H groups in total. The van der Waals surface area contributed by atoms with Crippen LogP contribution in [0.2, 0.25) is 0 Å². The predicted molar refractivity (Wildman–Crippen MR) is 82.3 cm³/mol. The van der Waals surface area contributed by atoms with Crippen molar-refractivity contribution in [2.24, 2.45) is 0 Å². The number of carbonyl (C=O) groups excluding carboxylic acids is 2. The Bertz CT molecular complexity index is 709. The maximum absolute atomic E-state index is 12.4. The van der Waals surface area contributed by atoms with Crippen molar-refractivity contribution in [2.75, 3.05) is 0 Å². The number of carbonyl (C=O) groups is 3. The van der Waals surface area contributed by atoms with Gasteiger partial charge < -0.3 is 15.4 Å². The summed E-state index contributed by atoms with van der Waals surface area (Å²) in [5.41, 5.74) is 0.326. The van der Waals surface area contributed by atoms with Crippen molar-refractivity contribution < 1.29 is 19.5 Å². The highest BCUT2D eigenvalue weighted by Crippen LogP contribution is 2.11. The van der Waals surface area contributed by atoms with Gasteiger partial charge in [-0.05, 0) is 6.42 Å². The highest BCUT2D eigenvalue weighted by molar-refractivity contribution is 6.13. The predicted octanol–water partition coefficient (Wildman–Crippen LogP) is 1.62. The molecule has 120 valence electrons. The van der Waals surface area contributed by atoms with Crippen molar-refractivity contribution in [1.82, 2.24) is 15.3 Å². The van der Waals surface area contributed by atoms with Gasteiger partial charge in [0.05, 0.1) is 6.33 Å². The number of aromatic amines is 1. The summed E-state index contributed by atoms with van der Waals surface area (Å²) in [6.45, 7) is 1.82. The molecule has 0 saturated heterocycles. The average Bonchev–Trinajstić information content (AvgIpc) is 3.04. The van der Waals surface area contributed by atoms with Crippen LogP contribution in [0.1, 0.15) is 46.3 Å². The molecule has 1 unspecified atom stereocenters. The number of aliphatic carboxylic acids is 1. The van der Waals surface area contributed by atoms with Crippen LogP contribution in [-0.2, 0) is 4.79 Å². The fraction of sp³-hybridized carbons (Fsp3) is 0.250. The summed E-state index contributed by atoms with van der Waals surface area (Å²) < 4.78 is 0. The van der Waals surface area contributed by atoms with Crippen LogP contribution in [0.25, 0.3) is 0 Å². The molecule has 7 nitrogen and oxygen atoms in total. The van der Waals surface area contributed by atoms with Gasteiger partial charge in [-0.25, -0.2) is 9.78 Å². The van der Waals surface area contributed by atoms with E-state index < -0.39 is 23.7 Å². The van der Waals surface area contributed by atoms with E-state index in [0.717, 1.165) is 0 Å². The van der Waals surface area contributed by atoms with Gasteiger partial charge in [0, 0.05) is 5.56 Å². The summed E-state index contributed by atoms with van der Waals surface area (Å²) in [6.07, 6.45) is 2.15. The number of benzene rings is 1. The second-order valence-corrected chi connectivity index (χ2v) is 4.97. The number of ketones is 1. The topological polar surface area (TPSA) is 112 Å². The Morgan fingerprint density at radius 3 is 2.57 bits per heavy atom. The molecule has 0 aliphatic heterocycles. The summed E-state index contributed by atoms with van der Waals surface area (Å²) in [5.74, 6) is -2.18. The molecule has 1 heterocycles. The number of carboxylic acid groups (broad SMARTS) is 1. The largest absolute Gasteiger partial charge is 0.480 e. The quantitative estimate of drug-likeness (QED) is 0.672. The molecule has 1 aromatic heterocycles. The van der Waals surface area contributed by atoms with Crippen LogP contribution in [0.15, 0.2) is 36.7 Å². The molecular formula is C16H17N3O4. The maximum Gasteiger partial charge on any atom is 0.326 e. The van der Waals surface area contributed by atoms with Crippen LogP contribution < -0.4 is 5.32 Å². The second-order valence-electron chi connectivity index (χ2n) is 4.97. The lowest BCUT2D eigenvalue weighted by atomic mass is 10.1. The first-order chi connectivity index (χ1) is 11.0. The number of hydrogen-bond donors (Lipinski definition) is 3. The zero-order valence-corrected chi connectivity index (χ0v) is 12.6. The lowest BCUT2D eigenvalue weighted by molar-refractivity contribution is -0.139. The summed E-state index contributed by atoms with van der Waals surface area (Å²) in [5, 5.41) is 11.5. The molecule has 0 saturated carbocycles. The van der Waals surface area contributed by atoms with E-state index in [4.69, 9.17) is 5.11 Å². The van der Waals surface area contributed by atoms with E-state index in [-0.39, 0.29) is 11.4 Å². The number of aromatic nitrogens is 2. The van der Waals surface area contributed by atoms with E-state index in [2.05, 4.69) is 15.3 Å². The molecule has 1 aromatic carbocycles. The Morgan fingerprint density at radius 2 is 1.96 bits per heavy atom. The van der Waals surface area contributed by atoms with Gasteiger partial charge in [-0.15, -0.1) is 0 Å². The fourth-order valence-electron chi connectivity index (χ4n) is 2.14. The van der Waals surface area contributed by atoms with E-state index >= 15 is 0 Å². The number of nitrogens with zero attached hydrogens (tertiary/aromatic N) is 1. The van der Waals surface area contributed by atoms with Crippen LogP contribution in [0.4, 0.5) is 0 Å². The zero-order valence-electron chi connectivity index (χ0n) is 12.6. The average molecular weight is 315 g/mol. The minimum Gasteiger partial charge on any atom is -0.480 e. The third kappa shape index (κ3) is 3.82. The zero-order chi connectivity index (χ0) is 16.8. The van der Waals surface area contributed by atoms with Crippen molar-refractivity contribution in [3.8, 4) is 0 Å². The molecule has 0 aliphatic carbocycles. The van der Waals surface area contributed by atoms with Crippen molar-refractivity contribution in [3.63, 3.8) is 0 Å². The van der Waals surface area contributed by atoms with E-state index in [0.29, 0.717) is 18.4 Å². The van der Waals surface area contributed by atoms with Crippen molar-refractivity contribution in [1.29, 1.82) is 0 Å². The lowest BCUT2D eigenvalue weighted by Crippen LogP contribution is -2.41. The second kappa shape index (κ2) is 7.35. The Labute approximate surface area is 132 Å². The van der Waals surface area contributed by atoms with Gasteiger partial charge in [-0.1, -0.05) is 43.7 Å². The van der Waals surface area contributed by atoms with E-state index in [9.17, 15) is 14.4 Å². The Balaban J connectivity index is 2.22. The molecule has 1 atom stereocenters. The Hall–Kier alpha value is -2.96. The summed E-state index contributed by atoms with van der Waals surface area (Å²) >= 11 is 0. The number of hydrogen-bond acceptors (Lipinski definition) is 4. The van der Waals surface area contributed by atoms with E-state index in [1.807, 2.05) is 6.92 Å². The smallest absolute Gasteiger partial charge is 0.326 e. The summed E-state index contributed by atoms with van der Waals surface area (Å²) in [6, 6.07) is 7.43. The number of amides is 1. The van der Waals surface area contributed by atoms with Gasteiger partial charge in [-0.3, -0.25) is 9.59 Å². The van der Waals surface area contributed by atoms with E-state index in [1.165, 1.54) is 6.33 Å². The van der Waals surface area contributed by atoms with Crippen molar-refractivity contribution >= 4 is 17.7 Å². The highest BCUT2D eigenvalue weighted by atomic mass is 16.4. The standard InChI is InChI=1S/C16H17N3O4/c1-2-6-11(16(22)23)19-15(21)13-12(17-9-18-13)14(20)10-7-4-3-5-8-10/h3-5,7-9,11H,2,6H2,1H3,(H,17,18)(H,19,21)(H,22,23). The molecule has 2 aromatic rings.